The van der Waals surface area contributed by atoms with Gasteiger partial charge >= 0.3 is 5.97 Å². The van der Waals surface area contributed by atoms with Gasteiger partial charge in [0.2, 0.25) is 0 Å². The summed E-state index contributed by atoms with van der Waals surface area (Å²) in [7, 11) is 1.30. The fourth-order valence-electron chi connectivity index (χ4n) is 1.87. The lowest BCUT2D eigenvalue weighted by Crippen LogP contribution is -2.07. The van der Waals surface area contributed by atoms with Crippen LogP contribution in [-0.2, 0) is 4.74 Å². The van der Waals surface area contributed by atoms with Gasteiger partial charge in [-0.15, -0.1) is 0 Å². The van der Waals surface area contributed by atoms with Crippen LogP contribution in [0.4, 0.5) is 0 Å². The molecule has 1 heterocycles. The van der Waals surface area contributed by atoms with E-state index in [4.69, 9.17) is 0 Å². The molecule has 0 saturated carbocycles. The number of aromatic hydroxyl groups is 1. The first-order valence-corrected chi connectivity index (χ1v) is 5.47. The van der Waals surface area contributed by atoms with Crippen molar-refractivity contribution in [1.29, 1.82) is 0 Å². The first kappa shape index (κ1) is 12.1. The van der Waals surface area contributed by atoms with Crippen LogP contribution in [0.25, 0.3) is 11.1 Å². The first-order chi connectivity index (χ1) is 8.65. The standard InChI is InChI=1S/C14H13NO3/c1-9-12(10-6-4-3-5-7-10)11(16)8-15-13(9)14(17)18-2/h3-8,16H,1-2H3. The van der Waals surface area contributed by atoms with Crippen molar-refractivity contribution in [2.45, 2.75) is 6.92 Å². The van der Waals surface area contributed by atoms with Gasteiger partial charge in [0.25, 0.3) is 0 Å². The zero-order chi connectivity index (χ0) is 13.1. The molecule has 0 aliphatic carbocycles. The minimum absolute atomic E-state index is 0.0475. The van der Waals surface area contributed by atoms with Gasteiger partial charge in [-0.1, -0.05) is 30.3 Å². The summed E-state index contributed by atoms with van der Waals surface area (Å²) in [5, 5.41) is 9.91. The van der Waals surface area contributed by atoms with Crippen LogP contribution < -0.4 is 0 Å². The Kier molecular flexibility index (Phi) is 3.28. The van der Waals surface area contributed by atoms with Crippen LogP contribution in [0.1, 0.15) is 16.1 Å². The maximum Gasteiger partial charge on any atom is 0.356 e. The van der Waals surface area contributed by atoms with Crippen LogP contribution in [-0.4, -0.2) is 23.2 Å². The second-order valence-corrected chi connectivity index (χ2v) is 3.85. The summed E-state index contributed by atoms with van der Waals surface area (Å²) in [6.07, 6.45) is 1.27. The van der Waals surface area contributed by atoms with E-state index in [1.807, 2.05) is 30.3 Å². The van der Waals surface area contributed by atoms with E-state index in [0.29, 0.717) is 11.1 Å². The second kappa shape index (κ2) is 4.87. The van der Waals surface area contributed by atoms with Crippen LogP contribution in [0, 0.1) is 6.92 Å². The van der Waals surface area contributed by atoms with Crippen LogP contribution in [0.15, 0.2) is 36.5 Å². The highest BCUT2D eigenvalue weighted by atomic mass is 16.5. The van der Waals surface area contributed by atoms with Gasteiger partial charge < -0.3 is 9.84 Å². The molecule has 4 heteroatoms. The zero-order valence-electron chi connectivity index (χ0n) is 10.2. The normalized spacial score (nSPS) is 10.1. The van der Waals surface area contributed by atoms with Crippen LogP contribution in [0.3, 0.4) is 0 Å². The number of rotatable bonds is 2. The molecule has 1 aromatic carbocycles. The number of esters is 1. The molecular formula is C14H13NO3. The highest BCUT2D eigenvalue weighted by Gasteiger charge is 2.17. The average Bonchev–Trinajstić information content (AvgIpc) is 2.39. The van der Waals surface area contributed by atoms with Crippen molar-refractivity contribution in [3.05, 3.63) is 47.8 Å². The SMILES string of the molecule is COC(=O)c1ncc(O)c(-c2ccccc2)c1C. The van der Waals surface area contributed by atoms with Gasteiger partial charge in [0.15, 0.2) is 5.69 Å². The van der Waals surface area contributed by atoms with E-state index in [9.17, 15) is 9.90 Å². The van der Waals surface area contributed by atoms with Gasteiger partial charge in [-0.2, -0.15) is 0 Å². The summed E-state index contributed by atoms with van der Waals surface area (Å²) in [4.78, 5) is 15.5. The van der Waals surface area contributed by atoms with Crippen molar-refractivity contribution in [3.63, 3.8) is 0 Å². The Labute approximate surface area is 105 Å². The summed E-state index contributed by atoms with van der Waals surface area (Å²) in [5.41, 5.74) is 2.26. The molecule has 0 spiro atoms. The second-order valence-electron chi connectivity index (χ2n) is 3.85. The molecule has 0 atom stereocenters. The van der Waals surface area contributed by atoms with E-state index >= 15 is 0 Å². The zero-order valence-corrected chi connectivity index (χ0v) is 10.2. The Morgan fingerprint density at radius 3 is 2.56 bits per heavy atom. The molecule has 0 bridgehead atoms. The third-order valence-electron chi connectivity index (χ3n) is 2.74. The maximum atomic E-state index is 11.6. The monoisotopic (exact) mass is 243 g/mol. The van der Waals surface area contributed by atoms with Crippen molar-refractivity contribution in [2.75, 3.05) is 7.11 Å². The number of hydrogen-bond acceptors (Lipinski definition) is 4. The van der Waals surface area contributed by atoms with Crippen molar-refractivity contribution in [3.8, 4) is 16.9 Å². The van der Waals surface area contributed by atoms with Crippen LogP contribution in [0.5, 0.6) is 5.75 Å². The number of benzene rings is 1. The minimum atomic E-state index is -0.510. The van der Waals surface area contributed by atoms with E-state index < -0.39 is 5.97 Å². The highest BCUT2D eigenvalue weighted by molar-refractivity contribution is 5.92. The quantitative estimate of drug-likeness (QED) is 0.823. The number of pyridine rings is 1. The van der Waals surface area contributed by atoms with Crippen molar-refractivity contribution >= 4 is 5.97 Å². The Balaban J connectivity index is 2.64. The maximum absolute atomic E-state index is 11.6. The lowest BCUT2D eigenvalue weighted by atomic mass is 9.99. The molecule has 92 valence electrons. The van der Waals surface area contributed by atoms with E-state index in [2.05, 4.69) is 9.72 Å². The van der Waals surface area contributed by atoms with Gasteiger partial charge in [-0.3, -0.25) is 0 Å². The molecule has 0 amide bonds. The van der Waals surface area contributed by atoms with Gasteiger partial charge in [-0.25, -0.2) is 9.78 Å². The van der Waals surface area contributed by atoms with Crippen molar-refractivity contribution in [2.24, 2.45) is 0 Å². The number of hydrogen-bond donors (Lipinski definition) is 1. The third kappa shape index (κ3) is 2.05. The fourth-order valence-corrected chi connectivity index (χ4v) is 1.87. The molecule has 4 nitrogen and oxygen atoms in total. The molecule has 0 aliphatic rings. The van der Waals surface area contributed by atoms with Gasteiger partial charge in [0, 0.05) is 5.56 Å². The Hall–Kier alpha value is -2.36. The van der Waals surface area contributed by atoms with Crippen LogP contribution in [0.2, 0.25) is 0 Å². The smallest absolute Gasteiger partial charge is 0.356 e. The minimum Gasteiger partial charge on any atom is -0.506 e. The molecule has 0 radical (unpaired) electrons. The largest absolute Gasteiger partial charge is 0.506 e. The molecule has 2 rings (SSSR count). The van der Waals surface area contributed by atoms with Crippen LogP contribution >= 0.6 is 0 Å². The topological polar surface area (TPSA) is 59.4 Å². The van der Waals surface area contributed by atoms with Gasteiger partial charge in [0.1, 0.15) is 5.75 Å². The molecule has 0 aliphatic heterocycles. The molecule has 2 aromatic rings. The lowest BCUT2D eigenvalue weighted by Gasteiger charge is -2.11. The molecule has 18 heavy (non-hydrogen) atoms. The van der Waals surface area contributed by atoms with E-state index in [1.54, 1.807) is 6.92 Å². The summed E-state index contributed by atoms with van der Waals surface area (Å²) >= 11 is 0. The average molecular weight is 243 g/mol. The van der Waals surface area contributed by atoms with Gasteiger partial charge in [-0.05, 0) is 18.1 Å². The number of carbonyl (C=O) groups is 1. The molecular weight excluding hydrogens is 230 g/mol. The highest BCUT2D eigenvalue weighted by Crippen LogP contribution is 2.32. The Morgan fingerprint density at radius 2 is 1.94 bits per heavy atom. The fraction of sp³-hybridized carbons (Fsp3) is 0.143. The number of ether oxygens (including phenoxy) is 1. The Morgan fingerprint density at radius 1 is 1.28 bits per heavy atom. The predicted octanol–water partition coefficient (Wildman–Crippen LogP) is 2.55. The van der Waals surface area contributed by atoms with E-state index in [-0.39, 0.29) is 11.4 Å². The molecule has 0 fully saturated rings. The number of nitrogens with zero attached hydrogens (tertiary/aromatic N) is 1. The summed E-state index contributed by atoms with van der Waals surface area (Å²) in [5.74, 6) is -0.462. The molecule has 0 saturated heterocycles. The lowest BCUT2D eigenvalue weighted by molar-refractivity contribution is 0.0593. The molecule has 1 aromatic heterocycles. The van der Waals surface area contributed by atoms with Crippen molar-refractivity contribution < 1.29 is 14.6 Å². The summed E-state index contributed by atoms with van der Waals surface area (Å²) in [6, 6.07) is 9.35. The molecule has 0 unspecified atom stereocenters. The third-order valence-corrected chi connectivity index (χ3v) is 2.74. The predicted molar refractivity (Wildman–Crippen MR) is 67.4 cm³/mol. The van der Waals surface area contributed by atoms with E-state index in [1.165, 1.54) is 13.3 Å². The molecule has 1 N–H and O–H groups in total. The van der Waals surface area contributed by atoms with E-state index in [0.717, 1.165) is 5.56 Å². The summed E-state index contributed by atoms with van der Waals surface area (Å²) < 4.78 is 4.66. The number of methoxy groups -OCH3 is 1. The number of aromatic nitrogens is 1. The first-order valence-electron chi connectivity index (χ1n) is 5.47. The number of carbonyl (C=O) groups excluding carboxylic acids is 1. The Bertz CT molecular complexity index is 579. The van der Waals surface area contributed by atoms with Crippen molar-refractivity contribution in [1.82, 2.24) is 4.98 Å². The summed E-state index contributed by atoms with van der Waals surface area (Å²) in [6.45, 7) is 1.74. The van der Waals surface area contributed by atoms with Gasteiger partial charge in [0.05, 0.1) is 13.3 Å².